The first kappa shape index (κ1) is 16.9. The van der Waals surface area contributed by atoms with Crippen LogP contribution >= 0.6 is 0 Å². The van der Waals surface area contributed by atoms with Gasteiger partial charge in [0.2, 0.25) is 0 Å². The summed E-state index contributed by atoms with van der Waals surface area (Å²) in [5.41, 5.74) is 1.86. The zero-order valence-corrected chi connectivity index (χ0v) is 14.2. The van der Waals surface area contributed by atoms with Crippen molar-refractivity contribution in [3.63, 3.8) is 0 Å². The number of carbonyl (C=O) groups excluding carboxylic acids is 1. The summed E-state index contributed by atoms with van der Waals surface area (Å²) in [6, 6.07) is 9.44. The fourth-order valence-corrected chi connectivity index (χ4v) is 2.93. The Balaban J connectivity index is 1.64. The maximum Gasteiger partial charge on any atom is 0.282 e. The van der Waals surface area contributed by atoms with E-state index in [0.717, 1.165) is 5.39 Å². The number of carbonyl (C=O) groups is 1. The van der Waals surface area contributed by atoms with Crippen LogP contribution < -0.4 is 0 Å². The molecule has 0 N–H and O–H groups in total. The third-order valence-electron chi connectivity index (χ3n) is 4.36. The highest BCUT2D eigenvalue weighted by molar-refractivity contribution is 5.91. The van der Waals surface area contributed by atoms with Crippen LogP contribution in [0.25, 0.3) is 11.0 Å². The molecule has 1 aliphatic rings. The molecule has 0 atom stereocenters. The Kier molecular flexibility index (Phi) is 4.16. The van der Waals surface area contributed by atoms with E-state index >= 15 is 0 Å². The maximum absolute atomic E-state index is 13.0. The second-order valence-corrected chi connectivity index (χ2v) is 6.19. The van der Waals surface area contributed by atoms with Gasteiger partial charge in [0, 0.05) is 24.8 Å². The summed E-state index contributed by atoms with van der Waals surface area (Å²) < 4.78 is 27.7. The van der Waals surface area contributed by atoms with Crippen LogP contribution in [0.2, 0.25) is 0 Å². The molecule has 1 aliphatic heterocycles. The monoisotopic (exact) mass is 364 g/mol. The Labute approximate surface area is 153 Å². The van der Waals surface area contributed by atoms with Crippen molar-refractivity contribution in [1.29, 1.82) is 0 Å². The fraction of sp³-hybridized carbons (Fsp3) is 0.150. The highest BCUT2D eigenvalue weighted by atomic mass is 19.1. The predicted molar refractivity (Wildman–Crippen MR) is 95.8 cm³/mol. The molecule has 0 radical (unpaired) electrons. The van der Waals surface area contributed by atoms with Gasteiger partial charge in [0.1, 0.15) is 11.5 Å². The maximum atomic E-state index is 13.0. The molecule has 0 saturated carbocycles. The quantitative estimate of drug-likeness (QED) is 0.519. The molecule has 0 spiro atoms. The highest BCUT2D eigenvalue weighted by Crippen LogP contribution is 2.27. The van der Waals surface area contributed by atoms with Gasteiger partial charge in [-0.1, -0.05) is 12.5 Å². The van der Waals surface area contributed by atoms with Crippen molar-refractivity contribution >= 4 is 16.9 Å². The van der Waals surface area contributed by atoms with E-state index in [0.29, 0.717) is 30.0 Å². The standard InChI is InChI=1S/C20H14F2N4O/c1-13(21)20(27)25-11-16(12-25)26-19-17(3-2-10-23-19)18(24-26)9-6-14-4-7-15(22)8-5-14/h2-5,7-8,10,16H,1,11-12H2. The first-order valence-electron chi connectivity index (χ1n) is 8.27. The largest absolute Gasteiger partial charge is 0.332 e. The van der Waals surface area contributed by atoms with Gasteiger partial charge in [0.15, 0.2) is 11.5 Å². The topological polar surface area (TPSA) is 51.0 Å². The van der Waals surface area contributed by atoms with E-state index in [2.05, 4.69) is 28.5 Å². The molecule has 0 bridgehead atoms. The van der Waals surface area contributed by atoms with Crippen LogP contribution in [0, 0.1) is 17.7 Å². The zero-order valence-electron chi connectivity index (χ0n) is 14.2. The second-order valence-electron chi connectivity index (χ2n) is 6.19. The van der Waals surface area contributed by atoms with E-state index in [4.69, 9.17) is 0 Å². The number of benzene rings is 1. The normalized spacial score (nSPS) is 13.8. The molecule has 2 aromatic heterocycles. The molecule has 134 valence electrons. The van der Waals surface area contributed by atoms with Gasteiger partial charge >= 0.3 is 0 Å². The van der Waals surface area contributed by atoms with Crippen molar-refractivity contribution in [3.8, 4) is 11.8 Å². The molecule has 1 amide bonds. The molecule has 7 heteroatoms. The summed E-state index contributed by atoms with van der Waals surface area (Å²) >= 11 is 0. The van der Waals surface area contributed by atoms with Crippen molar-refractivity contribution in [1.82, 2.24) is 19.7 Å². The van der Waals surface area contributed by atoms with Crippen LogP contribution in [-0.4, -0.2) is 38.7 Å². The number of hydrogen-bond acceptors (Lipinski definition) is 3. The van der Waals surface area contributed by atoms with Crippen LogP contribution in [0.3, 0.4) is 0 Å². The van der Waals surface area contributed by atoms with E-state index in [9.17, 15) is 13.6 Å². The first-order valence-corrected chi connectivity index (χ1v) is 8.27. The molecule has 5 nitrogen and oxygen atoms in total. The number of nitrogens with zero attached hydrogens (tertiary/aromatic N) is 4. The van der Waals surface area contributed by atoms with Crippen molar-refractivity contribution in [2.24, 2.45) is 0 Å². The van der Waals surface area contributed by atoms with Crippen LogP contribution in [0.5, 0.6) is 0 Å². The molecule has 1 aromatic carbocycles. The van der Waals surface area contributed by atoms with E-state index in [1.54, 1.807) is 29.1 Å². The number of fused-ring (bicyclic) bond motifs is 1. The Morgan fingerprint density at radius 2 is 1.93 bits per heavy atom. The second kappa shape index (κ2) is 6.65. The van der Waals surface area contributed by atoms with E-state index < -0.39 is 11.7 Å². The molecule has 4 rings (SSSR count). The molecule has 1 fully saturated rings. The van der Waals surface area contributed by atoms with E-state index in [-0.39, 0.29) is 11.9 Å². The van der Waals surface area contributed by atoms with Crippen LogP contribution in [0.15, 0.2) is 55.0 Å². The van der Waals surface area contributed by atoms with Crippen LogP contribution in [-0.2, 0) is 4.79 Å². The van der Waals surface area contributed by atoms with Gasteiger partial charge in [0.25, 0.3) is 5.91 Å². The third kappa shape index (κ3) is 3.17. The SMILES string of the molecule is C=C(F)C(=O)N1CC(n2nc(C#Cc3ccc(F)cc3)c3cccnc32)C1. The number of likely N-dealkylation sites (tertiary alicyclic amines) is 1. The van der Waals surface area contributed by atoms with Crippen LogP contribution in [0.4, 0.5) is 8.78 Å². The molecule has 3 heterocycles. The van der Waals surface area contributed by atoms with Crippen molar-refractivity contribution in [2.75, 3.05) is 13.1 Å². The zero-order chi connectivity index (χ0) is 19.0. The van der Waals surface area contributed by atoms with Gasteiger partial charge in [0.05, 0.1) is 11.4 Å². The minimum atomic E-state index is -0.970. The van der Waals surface area contributed by atoms with Crippen molar-refractivity contribution < 1.29 is 13.6 Å². The van der Waals surface area contributed by atoms with Crippen LogP contribution in [0.1, 0.15) is 17.3 Å². The van der Waals surface area contributed by atoms with Gasteiger partial charge in [-0.2, -0.15) is 5.10 Å². The summed E-state index contributed by atoms with van der Waals surface area (Å²) in [5, 5.41) is 5.32. The van der Waals surface area contributed by atoms with Gasteiger partial charge in [-0.15, -0.1) is 0 Å². The van der Waals surface area contributed by atoms with Gasteiger partial charge < -0.3 is 4.90 Å². The molecule has 0 aliphatic carbocycles. The average Bonchev–Trinajstić information content (AvgIpc) is 2.98. The third-order valence-corrected chi connectivity index (χ3v) is 4.36. The van der Waals surface area contributed by atoms with Gasteiger partial charge in [-0.05, 0) is 42.3 Å². The van der Waals surface area contributed by atoms with Gasteiger partial charge in [-0.25, -0.2) is 18.4 Å². The Hall–Kier alpha value is -3.53. The number of amides is 1. The number of aromatic nitrogens is 3. The predicted octanol–water partition coefficient (Wildman–Crippen LogP) is 2.84. The lowest BCUT2D eigenvalue weighted by Gasteiger charge is -2.38. The lowest BCUT2D eigenvalue weighted by molar-refractivity contribution is -0.134. The minimum absolute atomic E-state index is 0.105. The fourth-order valence-electron chi connectivity index (χ4n) is 2.93. The number of rotatable bonds is 2. The molecule has 1 saturated heterocycles. The number of halogens is 2. The molecule has 0 unspecified atom stereocenters. The smallest absolute Gasteiger partial charge is 0.282 e. The van der Waals surface area contributed by atoms with Crippen molar-refractivity contribution in [3.05, 3.63) is 72.1 Å². The minimum Gasteiger partial charge on any atom is -0.332 e. The molecule has 3 aromatic rings. The lowest BCUT2D eigenvalue weighted by Crippen LogP contribution is -2.51. The Bertz CT molecular complexity index is 1100. The highest BCUT2D eigenvalue weighted by Gasteiger charge is 2.35. The Morgan fingerprint density at radius 1 is 1.19 bits per heavy atom. The van der Waals surface area contributed by atoms with Crippen molar-refractivity contribution in [2.45, 2.75) is 6.04 Å². The lowest BCUT2D eigenvalue weighted by atomic mass is 10.1. The summed E-state index contributed by atoms with van der Waals surface area (Å²) in [6.45, 7) is 3.70. The van der Waals surface area contributed by atoms with E-state index in [1.807, 2.05) is 6.07 Å². The molecular weight excluding hydrogens is 350 g/mol. The first-order chi connectivity index (χ1) is 13.0. The van der Waals surface area contributed by atoms with E-state index in [1.165, 1.54) is 17.0 Å². The summed E-state index contributed by atoms with van der Waals surface area (Å²) in [4.78, 5) is 17.3. The molecule has 27 heavy (non-hydrogen) atoms. The summed E-state index contributed by atoms with van der Waals surface area (Å²) in [7, 11) is 0. The molecular formula is C20H14F2N4O. The van der Waals surface area contributed by atoms with Gasteiger partial charge in [-0.3, -0.25) is 4.79 Å². The number of hydrogen-bond donors (Lipinski definition) is 0. The summed E-state index contributed by atoms with van der Waals surface area (Å²) in [5.74, 6) is 3.97. The summed E-state index contributed by atoms with van der Waals surface area (Å²) in [6.07, 6.45) is 1.66. The average molecular weight is 364 g/mol. The number of pyridine rings is 1. The Morgan fingerprint density at radius 3 is 2.63 bits per heavy atom.